The lowest BCUT2D eigenvalue weighted by Gasteiger charge is -2.20. The summed E-state index contributed by atoms with van der Waals surface area (Å²) in [6, 6.07) is 5.19. The van der Waals surface area contributed by atoms with Crippen LogP contribution in [0, 0.1) is 12.7 Å². The van der Waals surface area contributed by atoms with Crippen molar-refractivity contribution in [3.8, 4) is 0 Å². The number of aryl methyl sites for hydroxylation is 1. The van der Waals surface area contributed by atoms with Gasteiger partial charge in [0.25, 0.3) is 0 Å². The van der Waals surface area contributed by atoms with Gasteiger partial charge in [-0.3, -0.25) is 0 Å². The lowest BCUT2D eigenvalue weighted by atomic mass is 10.1. The highest BCUT2D eigenvalue weighted by atomic mass is 19.1. The first-order valence-corrected chi connectivity index (χ1v) is 5.56. The van der Waals surface area contributed by atoms with Gasteiger partial charge in [-0.15, -0.1) is 0 Å². The molecule has 0 aliphatic carbocycles. The second kappa shape index (κ2) is 5.01. The number of halogens is 1. The molecule has 0 bridgehead atoms. The van der Waals surface area contributed by atoms with Crippen LogP contribution >= 0.6 is 0 Å². The third kappa shape index (κ3) is 2.75. The van der Waals surface area contributed by atoms with Gasteiger partial charge in [0.2, 0.25) is 0 Å². The topological polar surface area (TPSA) is 21.3 Å². The van der Waals surface area contributed by atoms with Gasteiger partial charge in [0.05, 0.1) is 18.5 Å². The number of benzene rings is 1. The summed E-state index contributed by atoms with van der Waals surface area (Å²) in [6.07, 6.45) is 5.88. The maximum Gasteiger partial charge on any atom is 0.146 e. The van der Waals surface area contributed by atoms with E-state index in [1.165, 1.54) is 6.07 Å². The predicted octanol–water partition coefficient (Wildman–Crippen LogP) is 3.24. The van der Waals surface area contributed by atoms with Crippen LogP contribution in [-0.2, 0) is 4.74 Å². The van der Waals surface area contributed by atoms with Crippen molar-refractivity contribution in [1.82, 2.24) is 0 Å². The molecule has 0 spiro atoms. The average molecular weight is 221 g/mol. The van der Waals surface area contributed by atoms with Crippen LogP contribution in [0.5, 0.6) is 0 Å². The fourth-order valence-corrected chi connectivity index (χ4v) is 1.72. The van der Waals surface area contributed by atoms with Crippen molar-refractivity contribution in [3.05, 3.63) is 41.9 Å². The third-order valence-electron chi connectivity index (χ3n) is 2.67. The van der Waals surface area contributed by atoms with Crippen molar-refractivity contribution < 1.29 is 9.13 Å². The number of rotatable bonds is 3. The fourth-order valence-electron chi connectivity index (χ4n) is 1.72. The predicted molar refractivity (Wildman–Crippen MR) is 62.9 cm³/mol. The van der Waals surface area contributed by atoms with Gasteiger partial charge in [0.15, 0.2) is 0 Å². The van der Waals surface area contributed by atoms with Crippen molar-refractivity contribution in [2.24, 2.45) is 0 Å². The maximum absolute atomic E-state index is 13.5. The van der Waals surface area contributed by atoms with Crippen LogP contribution in [-0.4, -0.2) is 12.6 Å². The molecular formula is C13H16FNO. The average Bonchev–Trinajstić information content (AvgIpc) is 2.29. The molecule has 3 heteroatoms. The van der Waals surface area contributed by atoms with Crippen molar-refractivity contribution in [1.29, 1.82) is 0 Å². The Morgan fingerprint density at radius 2 is 2.38 bits per heavy atom. The molecule has 1 atom stereocenters. The van der Waals surface area contributed by atoms with E-state index in [9.17, 15) is 4.39 Å². The summed E-state index contributed by atoms with van der Waals surface area (Å²) < 4.78 is 18.9. The number of allylic oxidation sites excluding steroid dienone is 1. The molecule has 0 radical (unpaired) electrons. The van der Waals surface area contributed by atoms with Crippen LogP contribution in [0.1, 0.15) is 18.4 Å². The molecule has 1 N–H and O–H groups in total. The van der Waals surface area contributed by atoms with Crippen LogP contribution in [0.2, 0.25) is 0 Å². The summed E-state index contributed by atoms with van der Waals surface area (Å²) in [5.41, 5.74) is 1.48. The first kappa shape index (κ1) is 11.0. The number of hydrogen-bond donors (Lipinski definition) is 1. The molecule has 0 saturated carbocycles. The van der Waals surface area contributed by atoms with Gasteiger partial charge in [-0.25, -0.2) is 4.39 Å². The van der Waals surface area contributed by atoms with E-state index in [0.29, 0.717) is 12.2 Å². The molecule has 1 unspecified atom stereocenters. The summed E-state index contributed by atoms with van der Waals surface area (Å²) in [6.45, 7) is 2.52. The Morgan fingerprint density at radius 3 is 3.06 bits per heavy atom. The molecule has 0 saturated heterocycles. The zero-order valence-electron chi connectivity index (χ0n) is 9.37. The van der Waals surface area contributed by atoms with E-state index in [1.54, 1.807) is 12.3 Å². The Kier molecular flexibility index (Phi) is 3.44. The van der Waals surface area contributed by atoms with Gasteiger partial charge >= 0.3 is 0 Å². The summed E-state index contributed by atoms with van der Waals surface area (Å²) in [5.74, 6) is -0.202. The molecule has 16 heavy (non-hydrogen) atoms. The maximum atomic E-state index is 13.5. The largest absolute Gasteiger partial charge is 0.497 e. The normalized spacial score (nSPS) is 19.2. The lowest BCUT2D eigenvalue weighted by Crippen LogP contribution is -2.23. The van der Waals surface area contributed by atoms with Crippen molar-refractivity contribution in [3.63, 3.8) is 0 Å². The minimum atomic E-state index is -0.202. The first-order valence-electron chi connectivity index (χ1n) is 5.56. The molecule has 0 aromatic heterocycles. The highest BCUT2D eigenvalue weighted by Crippen LogP contribution is 2.17. The Morgan fingerprint density at radius 1 is 1.50 bits per heavy atom. The second-order valence-electron chi connectivity index (χ2n) is 4.07. The van der Waals surface area contributed by atoms with E-state index in [0.717, 1.165) is 18.4 Å². The number of anilines is 1. The number of ether oxygens (including phenoxy) is 1. The van der Waals surface area contributed by atoms with E-state index < -0.39 is 0 Å². The molecule has 1 heterocycles. The van der Waals surface area contributed by atoms with Crippen LogP contribution in [0.3, 0.4) is 0 Å². The van der Waals surface area contributed by atoms with E-state index in [4.69, 9.17) is 4.74 Å². The van der Waals surface area contributed by atoms with Crippen LogP contribution in [0.4, 0.5) is 10.1 Å². The Labute approximate surface area is 95.1 Å². The van der Waals surface area contributed by atoms with E-state index >= 15 is 0 Å². The number of nitrogens with one attached hydrogen (secondary N) is 1. The standard InChI is InChI=1S/C13H16FNO/c1-10-5-6-13(12(14)8-10)15-9-11-4-2-3-7-16-11/h3,5-8,11,15H,2,4,9H2,1H3. The molecule has 1 aromatic rings. The van der Waals surface area contributed by atoms with Crippen molar-refractivity contribution in [2.75, 3.05) is 11.9 Å². The van der Waals surface area contributed by atoms with Gasteiger partial charge in [0.1, 0.15) is 11.9 Å². The molecule has 1 aliphatic rings. The summed E-state index contributed by atoms with van der Waals surface area (Å²) in [4.78, 5) is 0. The highest BCUT2D eigenvalue weighted by Gasteiger charge is 2.11. The van der Waals surface area contributed by atoms with Gasteiger partial charge in [-0.2, -0.15) is 0 Å². The quantitative estimate of drug-likeness (QED) is 0.846. The number of hydrogen-bond acceptors (Lipinski definition) is 2. The minimum absolute atomic E-state index is 0.144. The van der Waals surface area contributed by atoms with Gasteiger partial charge in [-0.1, -0.05) is 6.07 Å². The first-order chi connectivity index (χ1) is 7.75. The van der Waals surface area contributed by atoms with Crippen LogP contribution in [0.25, 0.3) is 0 Å². The zero-order valence-corrected chi connectivity index (χ0v) is 9.37. The summed E-state index contributed by atoms with van der Waals surface area (Å²) in [7, 11) is 0. The van der Waals surface area contributed by atoms with Crippen molar-refractivity contribution in [2.45, 2.75) is 25.9 Å². The summed E-state index contributed by atoms with van der Waals surface area (Å²) in [5, 5.41) is 3.08. The Bertz CT molecular complexity index is 390. The Balaban J connectivity index is 1.91. The van der Waals surface area contributed by atoms with Gasteiger partial charge < -0.3 is 10.1 Å². The van der Waals surface area contributed by atoms with Crippen LogP contribution < -0.4 is 5.32 Å². The smallest absolute Gasteiger partial charge is 0.146 e. The molecule has 86 valence electrons. The third-order valence-corrected chi connectivity index (χ3v) is 2.67. The monoisotopic (exact) mass is 221 g/mol. The lowest BCUT2D eigenvalue weighted by molar-refractivity contribution is 0.135. The molecular weight excluding hydrogens is 205 g/mol. The van der Waals surface area contributed by atoms with Gasteiger partial charge in [-0.05, 0) is 43.5 Å². The van der Waals surface area contributed by atoms with Gasteiger partial charge in [0, 0.05) is 0 Å². The Hall–Kier alpha value is -1.51. The highest BCUT2D eigenvalue weighted by molar-refractivity contribution is 5.46. The SMILES string of the molecule is Cc1ccc(NCC2CCC=CO2)c(F)c1. The van der Waals surface area contributed by atoms with Crippen LogP contribution in [0.15, 0.2) is 30.5 Å². The molecule has 2 nitrogen and oxygen atoms in total. The molecule has 0 amide bonds. The molecule has 1 aromatic carbocycles. The molecule has 1 aliphatic heterocycles. The second-order valence-corrected chi connectivity index (χ2v) is 4.07. The molecule has 0 fully saturated rings. The van der Waals surface area contributed by atoms with E-state index in [-0.39, 0.29) is 11.9 Å². The summed E-state index contributed by atoms with van der Waals surface area (Å²) >= 11 is 0. The molecule has 2 rings (SSSR count). The van der Waals surface area contributed by atoms with E-state index in [1.807, 2.05) is 19.1 Å². The van der Waals surface area contributed by atoms with Crippen molar-refractivity contribution >= 4 is 5.69 Å². The van der Waals surface area contributed by atoms with E-state index in [2.05, 4.69) is 5.32 Å². The zero-order chi connectivity index (χ0) is 11.4. The minimum Gasteiger partial charge on any atom is -0.497 e. The fraction of sp³-hybridized carbons (Fsp3) is 0.385.